The van der Waals surface area contributed by atoms with E-state index >= 15 is 0 Å². The number of fused-ring (bicyclic) bond motifs is 1. The van der Waals surface area contributed by atoms with Crippen LogP contribution in [0.5, 0.6) is 0 Å². The fourth-order valence-corrected chi connectivity index (χ4v) is 3.72. The fourth-order valence-electron chi connectivity index (χ4n) is 3.72. The smallest absolute Gasteiger partial charge is 0.153 e. The van der Waals surface area contributed by atoms with E-state index in [4.69, 9.17) is 16.6 Å². The Balaban J connectivity index is 1.94. The standard InChI is InChI=1S/C25H21N3O/c1-3-6-17(7-4-2)22-21-9-5-8-19(14-26)23(21)29-24(22)18-10-12-20(13-11-18)25(27)15-28-16-25/h1,4-13,28H,15-16,27H2,2H3. The van der Waals surface area contributed by atoms with Crippen molar-refractivity contribution >= 4 is 16.5 Å². The van der Waals surface area contributed by atoms with Crippen LogP contribution in [0.4, 0.5) is 0 Å². The topological polar surface area (TPSA) is 75.0 Å². The van der Waals surface area contributed by atoms with Crippen molar-refractivity contribution in [3.05, 3.63) is 77.4 Å². The minimum absolute atomic E-state index is 0.317. The lowest BCUT2D eigenvalue weighted by atomic mass is 9.85. The van der Waals surface area contributed by atoms with Gasteiger partial charge in [0.05, 0.1) is 11.1 Å². The first kappa shape index (κ1) is 18.8. The Bertz CT molecular complexity index is 1210. The number of terminal acetylenes is 1. The minimum atomic E-state index is -0.317. The first-order valence-corrected chi connectivity index (χ1v) is 9.47. The van der Waals surface area contributed by atoms with E-state index in [1.165, 1.54) is 0 Å². The molecule has 3 aromatic rings. The highest BCUT2D eigenvalue weighted by molar-refractivity contribution is 6.02. The van der Waals surface area contributed by atoms with E-state index in [1.54, 1.807) is 12.1 Å². The van der Waals surface area contributed by atoms with Crippen LogP contribution in [-0.2, 0) is 5.54 Å². The highest BCUT2D eigenvalue weighted by atomic mass is 16.3. The summed E-state index contributed by atoms with van der Waals surface area (Å²) in [6.07, 6.45) is 11.2. The van der Waals surface area contributed by atoms with Crippen LogP contribution < -0.4 is 11.1 Å². The normalized spacial score (nSPS) is 15.8. The Labute approximate surface area is 170 Å². The molecule has 0 spiro atoms. The number of furan rings is 1. The molecule has 4 rings (SSSR count). The third kappa shape index (κ3) is 3.15. The Kier molecular flexibility index (Phi) is 4.82. The van der Waals surface area contributed by atoms with E-state index in [0.29, 0.717) is 16.9 Å². The summed E-state index contributed by atoms with van der Waals surface area (Å²) in [5, 5.41) is 13.6. The molecule has 1 saturated heterocycles. The number of nitrogens with two attached hydrogens (primary N) is 1. The number of benzene rings is 2. The Morgan fingerprint density at radius 2 is 2.00 bits per heavy atom. The molecule has 2 heterocycles. The van der Waals surface area contributed by atoms with Gasteiger partial charge in [0.25, 0.3) is 0 Å². The summed E-state index contributed by atoms with van der Waals surface area (Å²) in [5.74, 6) is 3.30. The van der Waals surface area contributed by atoms with Crippen LogP contribution in [-0.4, -0.2) is 13.1 Å². The van der Waals surface area contributed by atoms with Gasteiger partial charge in [-0.3, -0.25) is 0 Å². The van der Waals surface area contributed by atoms with Crippen molar-refractivity contribution in [3.8, 4) is 29.7 Å². The molecule has 0 saturated carbocycles. The number of para-hydroxylation sites is 1. The first-order chi connectivity index (χ1) is 14.1. The van der Waals surface area contributed by atoms with Gasteiger partial charge >= 0.3 is 0 Å². The van der Waals surface area contributed by atoms with E-state index < -0.39 is 0 Å². The third-order valence-electron chi connectivity index (χ3n) is 5.31. The molecule has 1 aliphatic rings. The summed E-state index contributed by atoms with van der Waals surface area (Å²) in [5.41, 5.74) is 10.9. The van der Waals surface area contributed by atoms with Crippen LogP contribution in [0.1, 0.15) is 23.6 Å². The van der Waals surface area contributed by atoms with Crippen molar-refractivity contribution in [1.82, 2.24) is 5.32 Å². The third-order valence-corrected chi connectivity index (χ3v) is 5.31. The van der Waals surface area contributed by atoms with Crippen LogP contribution in [0.25, 0.3) is 27.9 Å². The molecule has 0 bridgehead atoms. The van der Waals surface area contributed by atoms with Gasteiger partial charge in [-0.05, 0) is 30.2 Å². The summed E-state index contributed by atoms with van der Waals surface area (Å²) in [6, 6.07) is 15.9. The Hall–Kier alpha value is -3.57. The van der Waals surface area contributed by atoms with Gasteiger partial charge in [0, 0.05) is 29.6 Å². The van der Waals surface area contributed by atoms with Crippen LogP contribution in [0.2, 0.25) is 0 Å². The van der Waals surface area contributed by atoms with Crippen molar-refractivity contribution in [2.75, 3.05) is 13.1 Å². The molecular formula is C25H21N3O. The second-order valence-electron chi connectivity index (χ2n) is 7.20. The summed E-state index contributed by atoms with van der Waals surface area (Å²) < 4.78 is 6.24. The predicted octanol–water partition coefficient (Wildman–Crippen LogP) is 4.32. The molecule has 1 fully saturated rings. The van der Waals surface area contributed by atoms with E-state index in [2.05, 4.69) is 17.3 Å². The van der Waals surface area contributed by atoms with Crippen molar-refractivity contribution in [2.24, 2.45) is 5.73 Å². The van der Waals surface area contributed by atoms with Crippen LogP contribution in [0.15, 0.2) is 65.1 Å². The lowest BCUT2D eigenvalue weighted by Crippen LogP contribution is -2.62. The summed E-state index contributed by atoms with van der Waals surface area (Å²) >= 11 is 0. The monoisotopic (exact) mass is 379 g/mol. The van der Waals surface area contributed by atoms with E-state index in [9.17, 15) is 5.26 Å². The van der Waals surface area contributed by atoms with Gasteiger partial charge in [-0.1, -0.05) is 54.5 Å². The number of allylic oxidation sites excluding steroid dienone is 4. The molecule has 3 N–H and O–H groups in total. The molecule has 29 heavy (non-hydrogen) atoms. The number of hydrogen-bond donors (Lipinski definition) is 2. The highest BCUT2D eigenvalue weighted by Crippen LogP contribution is 2.40. The number of nitrogens with zero attached hydrogens (tertiary/aromatic N) is 1. The zero-order valence-electron chi connectivity index (χ0n) is 16.2. The van der Waals surface area contributed by atoms with Crippen molar-refractivity contribution < 1.29 is 4.42 Å². The highest BCUT2D eigenvalue weighted by Gasteiger charge is 2.34. The van der Waals surface area contributed by atoms with Crippen LogP contribution in [0, 0.1) is 23.7 Å². The maximum absolute atomic E-state index is 9.52. The van der Waals surface area contributed by atoms with Crippen molar-refractivity contribution in [3.63, 3.8) is 0 Å². The molecule has 142 valence electrons. The van der Waals surface area contributed by atoms with Gasteiger partial charge in [0.1, 0.15) is 11.8 Å². The SMILES string of the molecule is C#CC=C(C=CC)c1c(-c2ccc(C3(N)CNC3)cc2)oc2c(C#N)cccc12. The van der Waals surface area contributed by atoms with E-state index in [-0.39, 0.29) is 5.54 Å². The summed E-state index contributed by atoms with van der Waals surface area (Å²) in [6.45, 7) is 3.48. The van der Waals surface area contributed by atoms with Gasteiger partial charge in [-0.2, -0.15) is 5.26 Å². The lowest BCUT2D eigenvalue weighted by Gasteiger charge is -2.39. The molecule has 0 aliphatic carbocycles. The average Bonchev–Trinajstić information content (AvgIpc) is 3.11. The largest absolute Gasteiger partial charge is 0.454 e. The molecule has 0 amide bonds. The van der Waals surface area contributed by atoms with Gasteiger partial charge in [-0.15, -0.1) is 6.42 Å². The number of rotatable bonds is 4. The second kappa shape index (κ2) is 7.45. The van der Waals surface area contributed by atoms with E-state index in [0.717, 1.165) is 40.7 Å². The molecule has 0 atom stereocenters. The lowest BCUT2D eigenvalue weighted by molar-refractivity contribution is 0.287. The average molecular weight is 379 g/mol. The molecule has 4 nitrogen and oxygen atoms in total. The molecule has 0 unspecified atom stereocenters. The molecule has 0 radical (unpaired) electrons. The molecule has 1 aromatic heterocycles. The Morgan fingerprint density at radius 3 is 2.59 bits per heavy atom. The minimum Gasteiger partial charge on any atom is -0.454 e. The maximum atomic E-state index is 9.52. The zero-order valence-corrected chi connectivity index (χ0v) is 16.2. The number of nitrogens with one attached hydrogen (secondary N) is 1. The summed E-state index contributed by atoms with van der Waals surface area (Å²) in [4.78, 5) is 0. The van der Waals surface area contributed by atoms with Crippen molar-refractivity contribution in [1.29, 1.82) is 5.26 Å². The van der Waals surface area contributed by atoms with E-state index in [1.807, 2.05) is 55.5 Å². The Morgan fingerprint density at radius 1 is 1.24 bits per heavy atom. The molecular weight excluding hydrogens is 358 g/mol. The van der Waals surface area contributed by atoms with Gasteiger partial charge in [0.2, 0.25) is 0 Å². The van der Waals surface area contributed by atoms with Gasteiger partial charge in [0.15, 0.2) is 5.58 Å². The van der Waals surface area contributed by atoms with Gasteiger partial charge in [-0.25, -0.2) is 0 Å². The van der Waals surface area contributed by atoms with Crippen LogP contribution in [0.3, 0.4) is 0 Å². The zero-order chi connectivity index (χ0) is 20.4. The molecule has 2 aromatic carbocycles. The first-order valence-electron chi connectivity index (χ1n) is 9.47. The second-order valence-corrected chi connectivity index (χ2v) is 7.20. The molecule has 1 aliphatic heterocycles. The van der Waals surface area contributed by atoms with Crippen LogP contribution >= 0.6 is 0 Å². The number of hydrogen-bond acceptors (Lipinski definition) is 4. The fraction of sp³-hybridized carbons (Fsp3) is 0.160. The van der Waals surface area contributed by atoms with Crippen molar-refractivity contribution in [2.45, 2.75) is 12.5 Å². The maximum Gasteiger partial charge on any atom is 0.153 e. The predicted molar refractivity (Wildman–Crippen MR) is 117 cm³/mol. The summed E-state index contributed by atoms with van der Waals surface area (Å²) in [7, 11) is 0. The number of nitriles is 1. The quantitative estimate of drug-likeness (QED) is 0.523. The van der Waals surface area contributed by atoms with Gasteiger partial charge < -0.3 is 15.5 Å². The molecule has 4 heteroatoms.